The topological polar surface area (TPSA) is 31.2 Å². The van der Waals surface area contributed by atoms with E-state index < -0.39 is 0 Å². The third-order valence-electron chi connectivity index (χ3n) is 3.65. The minimum Gasteiger partial charge on any atom is -0.497 e. The largest absolute Gasteiger partial charge is 0.497 e. The van der Waals surface area contributed by atoms with Crippen molar-refractivity contribution in [3.8, 4) is 16.9 Å². The molecule has 116 valence electrons. The summed E-state index contributed by atoms with van der Waals surface area (Å²) >= 11 is 0. The van der Waals surface area contributed by atoms with Crippen molar-refractivity contribution >= 4 is 0 Å². The van der Waals surface area contributed by atoms with Crippen molar-refractivity contribution in [2.24, 2.45) is 0 Å². The van der Waals surface area contributed by atoms with Gasteiger partial charge in [-0.1, -0.05) is 24.3 Å². The average molecular weight is 309 g/mol. The zero-order chi connectivity index (χ0) is 16.2. The molecule has 0 unspecified atom stereocenters. The molecular weight excluding hydrogens is 293 g/mol. The summed E-state index contributed by atoms with van der Waals surface area (Å²) in [5.41, 5.74) is 2.54. The predicted molar refractivity (Wildman–Crippen MR) is 88.2 cm³/mol. The SMILES string of the molecule is COc1ccc(-c2ccc(=O)n(Cc3cccc(F)c3)c2)cc1. The van der Waals surface area contributed by atoms with E-state index in [9.17, 15) is 9.18 Å². The minimum absolute atomic E-state index is 0.119. The normalized spacial score (nSPS) is 10.5. The standard InChI is InChI=1S/C19H16FNO2/c1-23-18-8-5-15(6-9-18)16-7-10-19(22)21(13-16)12-14-3-2-4-17(20)11-14/h2-11,13H,12H2,1H3. The Labute approximate surface area is 133 Å². The highest BCUT2D eigenvalue weighted by Crippen LogP contribution is 2.21. The van der Waals surface area contributed by atoms with Gasteiger partial charge in [0.05, 0.1) is 13.7 Å². The summed E-state index contributed by atoms with van der Waals surface area (Å²) in [7, 11) is 1.62. The molecule has 0 aliphatic heterocycles. The van der Waals surface area contributed by atoms with Crippen molar-refractivity contribution in [2.75, 3.05) is 7.11 Å². The molecule has 0 aliphatic rings. The van der Waals surface area contributed by atoms with Gasteiger partial charge >= 0.3 is 0 Å². The highest BCUT2D eigenvalue weighted by Gasteiger charge is 2.04. The fourth-order valence-corrected chi connectivity index (χ4v) is 2.44. The van der Waals surface area contributed by atoms with Crippen LogP contribution in [0, 0.1) is 5.82 Å². The third kappa shape index (κ3) is 3.48. The number of benzene rings is 2. The van der Waals surface area contributed by atoms with E-state index in [0.717, 1.165) is 22.4 Å². The number of ether oxygens (including phenoxy) is 1. The van der Waals surface area contributed by atoms with Crippen LogP contribution in [0.15, 0.2) is 71.7 Å². The molecule has 0 saturated heterocycles. The average Bonchev–Trinajstić information content (AvgIpc) is 2.57. The Hall–Kier alpha value is -2.88. The molecule has 0 N–H and O–H groups in total. The van der Waals surface area contributed by atoms with Crippen LogP contribution in [-0.4, -0.2) is 11.7 Å². The molecule has 3 rings (SSSR count). The van der Waals surface area contributed by atoms with E-state index in [1.54, 1.807) is 36.1 Å². The van der Waals surface area contributed by atoms with Crippen molar-refractivity contribution in [3.05, 3.63) is 88.6 Å². The molecule has 0 spiro atoms. The number of rotatable bonds is 4. The van der Waals surface area contributed by atoms with Gasteiger partial charge in [0, 0.05) is 12.3 Å². The van der Waals surface area contributed by atoms with Crippen LogP contribution in [-0.2, 0) is 6.54 Å². The van der Waals surface area contributed by atoms with Crippen LogP contribution in [0.4, 0.5) is 4.39 Å². The number of halogens is 1. The Morgan fingerprint density at radius 2 is 1.74 bits per heavy atom. The van der Waals surface area contributed by atoms with Gasteiger partial charge < -0.3 is 9.30 Å². The molecule has 4 heteroatoms. The number of pyridine rings is 1. The fraction of sp³-hybridized carbons (Fsp3) is 0.105. The molecule has 0 bridgehead atoms. The Morgan fingerprint density at radius 3 is 2.43 bits per heavy atom. The summed E-state index contributed by atoms with van der Waals surface area (Å²) in [4.78, 5) is 12.0. The predicted octanol–water partition coefficient (Wildman–Crippen LogP) is 3.71. The van der Waals surface area contributed by atoms with Crippen molar-refractivity contribution in [3.63, 3.8) is 0 Å². The molecule has 1 aromatic heterocycles. The summed E-state index contributed by atoms with van der Waals surface area (Å²) in [5.74, 6) is 0.476. The molecule has 0 saturated carbocycles. The van der Waals surface area contributed by atoms with Gasteiger partial charge in [-0.15, -0.1) is 0 Å². The van der Waals surface area contributed by atoms with Gasteiger partial charge in [0.1, 0.15) is 11.6 Å². The van der Waals surface area contributed by atoms with E-state index in [-0.39, 0.29) is 11.4 Å². The van der Waals surface area contributed by atoms with Crippen LogP contribution >= 0.6 is 0 Å². The Kier molecular flexibility index (Phi) is 4.24. The number of nitrogens with zero attached hydrogens (tertiary/aromatic N) is 1. The van der Waals surface area contributed by atoms with Crippen molar-refractivity contribution in [1.29, 1.82) is 0 Å². The van der Waals surface area contributed by atoms with Crippen LogP contribution in [0.3, 0.4) is 0 Å². The van der Waals surface area contributed by atoms with Crippen molar-refractivity contribution in [1.82, 2.24) is 4.57 Å². The van der Waals surface area contributed by atoms with E-state index in [0.29, 0.717) is 6.54 Å². The van der Waals surface area contributed by atoms with Gasteiger partial charge in [0.25, 0.3) is 5.56 Å². The van der Waals surface area contributed by atoms with Gasteiger partial charge in [-0.25, -0.2) is 4.39 Å². The number of hydrogen-bond acceptors (Lipinski definition) is 2. The first kappa shape index (κ1) is 15.0. The molecule has 3 nitrogen and oxygen atoms in total. The van der Waals surface area contributed by atoms with Crippen LogP contribution in [0.25, 0.3) is 11.1 Å². The van der Waals surface area contributed by atoms with E-state index in [4.69, 9.17) is 4.74 Å². The van der Waals surface area contributed by atoms with Crippen molar-refractivity contribution in [2.45, 2.75) is 6.54 Å². The Bertz CT molecular complexity index is 869. The first-order valence-corrected chi connectivity index (χ1v) is 7.25. The molecule has 3 aromatic rings. The molecule has 23 heavy (non-hydrogen) atoms. The summed E-state index contributed by atoms with van der Waals surface area (Å²) in [6.45, 7) is 0.334. The smallest absolute Gasteiger partial charge is 0.250 e. The fourth-order valence-electron chi connectivity index (χ4n) is 2.44. The molecule has 1 heterocycles. The molecule has 0 atom stereocenters. The summed E-state index contributed by atoms with van der Waals surface area (Å²) in [5, 5.41) is 0. The van der Waals surface area contributed by atoms with Crippen LogP contribution in [0.5, 0.6) is 5.75 Å². The number of aromatic nitrogens is 1. The minimum atomic E-state index is -0.304. The maximum Gasteiger partial charge on any atom is 0.250 e. The van der Waals surface area contributed by atoms with Crippen LogP contribution in [0.1, 0.15) is 5.56 Å². The van der Waals surface area contributed by atoms with Crippen molar-refractivity contribution < 1.29 is 9.13 Å². The molecule has 0 fully saturated rings. The summed E-state index contributed by atoms with van der Waals surface area (Å²) in [6, 6.07) is 17.2. The lowest BCUT2D eigenvalue weighted by molar-refractivity contribution is 0.415. The quantitative estimate of drug-likeness (QED) is 0.735. The second kappa shape index (κ2) is 6.48. The van der Waals surface area contributed by atoms with E-state index in [1.807, 2.05) is 24.3 Å². The van der Waals surface area contributed by atoms with Gasteiger partial charge in [-0.3, -0.25) is 4.79 Å². The zero-order valence-corrected chi connectivity index (χ0v) is 12.7. The Morgan fingerprint density at radius 1 is 1.00 bits per heavy atom. The van der Waals surface area contributed by atoms with Gasteiger partial charge in [0.2, 0.25) is 0 Å². The van der Waals surface area contributed by atoms with E-state index in [2.05, 4.69) is 0 Å². The Balaban J connectivity index is 1.93. The lowest BCUT2D eigenvalue weighted by atomic mass is 10.1. The third-order valence-corrected chi connectivity index (χ3v) is 3.65. The van der Waals surface area contributed by atoms with Gasteiger partial charge in [0.15, 0.2) is 0 Å². The molecule has 2 aromatic carbocycles. The molecule has 0 radical (unpaired) electrons. The summed E-state index contributed by atoms with van der Waals surface area (Å²) < 4.78 is 20.0. The first-order chi connectivity index (χ1) is 11.2. The second-order valence-corrected chi connectivity index (χ2v) is 5.24. The molecule has 0 amide bonds. The molecule has 0 aliphatic carbocycles. The highest BCUT2D eigenvalue weighted by atomic mass is 19.1. The van der Waals surface area contributed by atoms with E-state index in [1.165, 1.54) is 18.2 Å². The second-order valence-electron chi connectivity index (χ2n) is 5.24. The van der Waals surface area contributed by atoms with Crippen LogP contribution in [0.2, 0.25) is 0 Å². The lowest BCUT2D eigenvalue weighted by Gasteiger charge is -2.09. The monoisotopic (exact) mass is 309 g/mol. The van der Waals surface area contributed by atoms with Crippen LogP contribution < -0.4 is 10.3 Å². The maximum absolute atomic E-state index is 13.3. The lowest BCUT2D eigenvalue weighted by Crippen LogP contribution is -2.19. The zero-order valence-electron chi connectivity index (χ0n) is 12.7. The molecular formula is C19H16FNO2. The number of hydrogen-bond donors (Lipinski definition) is 0. The number of methoxy groups -OCH3 is 1. The maximum atomic E-state index is 13.3. The van der Waals surface area contributed by atoms with Gasteiger partial charge in [-0.05, 0) is 47.0 Å². The van der Waals surface area contributed by atoms with Gasteiger partial charge in [-0.2, -0.15) is 0 Å². The highest BCUT2D eigenvalue weighted by molar-refractivity contribution is 5.63. The summed E-state index contributed by atoms with van der Waals surface area (Å²) in [6.07, 6.45) is 1.79. The van der Waals surface area contributed by atoms with E-state index >= 15 is 0 Å². The first-order valence-electron chi connectivity index (χ1n) is 7.25.